The molecule has 2 heterocycles. The summed E-state index contributed by atoms with van der Waals surface area (Å²) >= 11 is 0. The molecule has 1 aromatic carbocycles. The molecule has 2 saturated heterocycles. The summed E-state index contributed by atoms with van der Waals surface area (Å²) in [7, 11) is 0. The molecule has 1 aromatic rings. The Labute approximate surface area is 165 Å². The number of aliphatic hydroxyl groups excluding tert-OH is 1. The fourth-order valence-electron chi connectivity index (χ4n) is 5.38. The van der Waals surface area contributed by atoms with Crippen molar-refractivity contribution < 1.29 is 19.1 Å². The third-order valence-corrected chi connectivity index (χ3v) is 6.99. The van der Waals surface area contributed by atoms with E-state index in [0.29, 0.717) is 30.5 Å². The first-order chi connectivity index (χ1) is 13.4. The number of rotatable bonds is 2. The zero-order valence-corrected chi connectivity index (χ0v) is 16.5. The second kappa shape index (κ2) is 7.47. The molecule has 1 N–H and O–H groups in total. The highest BCUT2D eigenvalue weighted by atomic mass is 19.1. The Bertz CT molecular complexity index is 775. The Kier molecular flexibility index (Phi) is 5.17. The monoisotopic (exact) mass is 388 g/mol. The lowest BCUT2D eigenvalue weighted by atomic mass is 9.82. The van der Waals surface area contributed by atoms with E-state index in [9.17, 15) is 19.1 Å². The van der Waals surface area contributed by atoms with Crippen LogP contribution in [0.15, 0.2) is 18.2 Å². The van der Waals surface area contributed by atoms with Gasteiger partial charge in [0.2, 0.25) is 5.91 Å². The van der Waals surface area contributed by atoms with E-state index in [0.717, 1.165) is 45.1 Å². The minimum absolute atomic E-state index is 0.0556. The second-order valence-corrected chi connectivity index (χ2v) is 8.57. The first-order valence-corrected chi connectivity index (χ1v) is 10.5. The van der Waals surface area contributed by atoms with Crippen molar-refractivity contribution in [2.24, 2.45) is 0 Å². The number of carbonyl (C=O) groups excluding carboxylic acids is 2. The van der Waals surface area contributed by atoms with Crippen LogP contribution < -0.4 is 0 Å². The zero-order valence-electron chi connectivity index (χ0n) is 16.5. The van der Waals surface area contributed by atoms with E-state index < -0.39 is 11.4 Å². The highest BCUT2D eigenvalue weighted by molar-refractivity contribution is 6.01. The molecule has 0 aromatic heterocycles. The van der Waals surface area contributed by atoms with Gasteiger partial charge in [-0.15, -0.1) is 0 Å². The van der Waals surface area contributed by atoms with Gasteiger partial charge in [0.15, 0.2) is 0 Å². The maximum Gasteiger partial charge on any atom is 0.255 e. The van der Waals surface area contributed by atoms with Crippen LogP contribution in [0.25, 0.3) is 0 Å². The van der Waals surface area contributed by atoms with Crippen LogP contribution in [0, 0.1) is 12.7 Å². The molecule has 1 spiro atoms. The van der Waals surface area contributed by atoms with E-state index in [1.165, 1.54) is 6.07 Å². The van der Waals surface area contributed by atoms with E-state index >= 15 is 0 Å². The van der Waals surface area contributed by atoms with Gasteiger partial charge in [-0.3, -0.25) is 9.59 Å². The largest absolute Gasteiger partial charge is 0.393 e. The van der Waals surface area contributed by atoms with Crippen molar-refractivity contribution in [3.63, 3.8) is 0 Å². The second-order valence-electron chi connectivity index (χ2n) is 8.57. The number of benzene rings is 1. The molecule has 2 aliphatic heterocycles. The predicted molar refractivity (Wildman–Crippen MR) is 103 cm³/mol. The van der Waals surface area contributed by atoms with Gasteiger partial charge in [-0.05, 0) is 76.0 Å². The van der Waals surface area contributed by atoms with Crippen molar-refractivity contribution in [1.82, 2.24) is 9.80 Å². The van der Waals surface area contributed by atoms with Crippen LogP contribution in [0.3, 0.4) is 0 Å². The van der Waals surface area contributed by atoms with E-state index in [-0.39, 0.29) is 24.0 Å². The van der Waals surface area contributed by atoms with E-state index in [2.05, 4.69) is 0 Å². The maximum atomic E-state index is 14.0. The van der Waals surface area contributed by atoms with Crippen molar-refractivity contribution in [3.8, 4) is 0 Å². The summed E-state index contributed by atoms with van der Waals surface area (Å²) in [6, 6.07) is 4.72. The van der Waals surface area contributed by atoms with Crippen molar-refractivity contribution in [3.05, 3.63) is 35.1 Å². The molecule has 1 aliphatic carbocycles. The van der Waals surface area contributed by atoms with E-state index in [1.54, 1.807) is 24.0 Å². The molecule has 28 heavy (non-hydrogen) atoms. The number of hydrogen-bond donors (Lipinski definition) is 1. The fraction of sp³-hybridized carbons (Fsp3) is 0.636. The summed E-state index contributed by atoms with van der Waals surface area (Å²) < 4.78 is 14.0. The topological polar surface area (TPSA) is 60.9 Å². The van der Waals surface area contributed by atoms with Crippen molar-refractivity contribution >= 4 is 11.8 Å². The standard InChI is InChI=1S/C22H29FN2O3/c1-15-18(5-2-6-19(15)23)20(27)25-14-4-12-22(25)11-3-13-24(21(22)28)16-7-9-17(26)10-8-16/h2,5-6,16-17,26H,3-4,7-14H2,1H3. The Morgan fingerprint density at radius 1 is 1.14 bits per heavy atom. The van der Waals surface area contributed by atoms with Gasteiger partial charge in [0, 0.05) is 24.7 Å². The molecule has 1 unspecified atom stereocenters. The quantitative estimate of drug-likeness (QED) is 0.847. The summed E-state index contributed by atoms with van der Waals surface area (Å²) in [6.45, 7) is 2.88. The van der Waals surface area contributed by atoms with Gasteiger partial charge < -0.3 is 14.9 Å². The van der Waals surface area contributed by atoms with E-state index in [4.69, 9.17) is 0 Å². The minimum Gasteiger partial charge on any atom is -0.393 e. The molecule has 0 bridgehead atoms. The van der Waals surface area contributed by atoms with Crippen LogP contribution in [0.5, 0.6) is 0 Å². The summed E-state index contributed by atoms with van der Waals surface area (Å²) in [5.41, 5.74) is -0.0904. The molecule has 6 heteroatoms. The van der Waals surface area contributed by atoms with Crippen LogP contribution in [0.1, 0.15) is 67.3 Å². The van der Waals surface area contributed by atoms with Crippen molar-refractivity contribution in [2.45, 2.75) is 76.0 Å². The molecule has 2 amide bonds. The van der Waals surface area contributed by atoms with Crippen LogP contribution in [-0.2, 0) is 4.79 Å². The Hall–Kier alpha value is -1.95. The number of likely N-dealkylation sites (tertiary alicyclic amines) is 2. The highest BCUT2D eigenvalue weighted by Gasteiger charge is 2.54. The number of amides is 2. The van der Waals surface area contributed by atoms with Gasteiger partial charge in [-0.1, -0.05) is 6.07 Å². The number of aliphatic hydroxyl groups is 1. The lowest BCUT2D eigenvalue weighted by molar-refractivity contribution is -0.149. The molecule has 4 rings (SSSR count). The molecular weight excluding hydrogens is 359 g/mol. The zero-order chi connectivity index (χ0) is 19.9. The van der Waals surface area contributed by atoms with Crippen molar-refractivity contribution in [1.29, 1.82) is 0 Å². The first kappa shape index (κ1) is 19.4. The lowest BCUT2D eigenvalue weighted by Crippen LogP contribution is -2.63. The molecule has 5 nitrogen and oxygen atoms in total. The Balaban J connectivity index is 1.61. The SMILES string of the molecule is Cc1c(F)cccc1C(=O)N1CCCC12CCCN(C1CCC(O)CC1)C2=O. The Morgan fingerprint density at radius 3 is 2.54 bits per heavy atom. The number of piperidine rings is 1. The molecule has 0 radical (unpaired) electrons. The number of hydrogen-bond acceptors (Lipinski definition) is 3. The first-order valence-electron chi connectivity index (χ1n) is 10.5. The summed E-state index contributed by atoms with van der Waals surface area (Å²) in [5, 5.41) is 9.80. The average Bonchev–Trinajstić information content (AvgIpc) is 3.11. The number of carbonyl (C=O) groups is 2. The van der Waals surface area contributed by atoms with Crippen LogP contribution >= 0.6 is 0 Å². The summed E-state index contributed by atoms with van der Waals surface area (Å²) in [4.78, 5) is 30.6. The minimum atomic E-state index is -0.788. The van der Waals surface area contributed by atoms with Gasteiger partial charge in [0.05, 0.1) is 6.10 Å². The third kappa shape index (κ3) is 3.11. The molecule has 3 fully saturated rings. The lowest BCUT2D eigenvalue weighted by Gasteiger charge is -2.48. The van der Waals surface area contributed by atoms with Crippen LogP contribution in [-0.4, -0.2) is 57.5 Å². The normalized spacial score (nSPS) is 30.9. The highest BCUT2D eigenvalue weighted by Crippen LogP contribution is 2.41. The smallest absolute Gasteiger partial charge is 0.255 e. The summed E-state index contributed by atoms with van der Waals surface area (Å²) in [5.74, 6) is -0.569. The van der Waals surface area contributed by atoms with Crippen molar-refractivity contribution in [2.75, 3.05) is 13.1 Å². The van der Waals surface area contributed by atoms with Gasteiger partial charge in [0.1, 0.15) is 11.4 Å². The van der Waals surface area contributed by atoms with Crippen LogP contribution in [0.4, 0.5) is 4.39 Å². The Morgan fingerprint density at radius 2 is 1.82 bits per heavy atom. The number of nitrogens with zero attached hydrogens (tertiary/aromatic N) is 2. The van der Waals surface area contributed by atoms with Crippen LogP contribution in [0.2, 0.25) is 0 Å². The third-order valence-electron chi connectivity index (χ3n) is 6.99. The van der Waals surface area contributed by atoms with Gasteiger partial charge >= 0.3 is 0 Å². The molecule has 152 valence electrons. The average molecular weight is 388 g/mol. The molecular formula is C22H29FN2O3. The fourth-order valence-corrected chi connectivity index (χ4v) is 5.38. The van der Waals surface area contributed by atoms with Gasteiger partial charge in [0.25, 0.3) is 5.91 Å². The summed E-state index contributed by atoms with van der Waals surface area (Å²) in [6.07, 6.45) is 5.86. The molecule has 1 saturated carbocycles. The molecule has 1 atom stereocenters. The maximum absolute atomic E-state index is 14.0. The van der Waals surface area contributed by atoms with Gasteiger partial charge in [-0.25, -0.2) is 4.39 Å². The predicted octanol–water partition coefficient (Wildman–Crippen LogP) is 3.03. The van der Waals surface area contributed by atoms with E-state index in [1.807, 2.05) is 4.90 Å². The van der Waals surface area contributed by atoms with Gasteiger partial charge in [-0.2, -0.15) is 0 Å². The molecule has 3 aliphatic rings. The number of halogens is 1.